The zero-order chi connectivity index (χ0) is 12.4. The summed E-state index contributed by atoms with van der Waals surface area (Å²) in [5, 5.41) is 5.81. The predicted molar refractivity (Wildman–Crippen MR) is 68.5 cm³/mol. The highest BCUT2D eigenvalue weighted by atomic mass is 79.9. The number of anilines is 1. The molecule has 2 rings (SSSR count). The van der Waals surface area contributed by atoms with Crippen molar-refractivity contribution in [3.63, 3.8) is 0 Å². The van der Waals surface area contributed by atoms with Crippen LogP contribution in [0.5, 0.6) is 0 Å². The van der Waals surface area contributed by atoms with E-state index in [0.29, 0.717) is 16.2 Å². The fourth-order valence-corrected chi connectivity index (χ4v) is 1.98. The first-order valence-electron chi connectivity index (χ1n) is 5.55. The van der Waals surface area contributed by atoms with E-state index in [-0.39, 0.29) is 18.3 Å². The van der Waals surface area contributed by atoms with Crippen LogP contribution >= 0.6 is 15.9 Å². The van der Waals surface area contributed by atoms with Crippen molar-refractivity contribution < 1.29 is 9.18 Å². The van der Waals surface area contributed by atoms with Crippen LogP contribution in [0.4, 0.5) is 10.1 Å². The Morgan fingerprint density at radius 3 is 2.88 bits per heavy atom. The monoisotopic (exact) mass is 300 g/mol. The molecule has 0 saturated heterocycles. The summed E-state index contributed by atoms with van der Waals surface area (Å²) in [5.74, 6) is -0.379. The molecule has 2 N–H and O–H groups in total. The van der Waals surface area contributed by atoms with Gasteiger partial charge in [-0.1, -0.05) is 0 Å². The van der Waals surface area contributed by atoms with E-state index in [4.69, 9.17) is 0 Å². The molecule has 0 radical (unpaired) electrons. The lowest BCUT2D eigenvalue weighted by atomic mass is 10.2. The highest BCUT2D eigenvalue weighted by molar-refractivity contribution is 9.10. The van der Waals surface area contributed by atoms with Gasteiger partial charge in [-0.3, -0.25) is 4.79 Å². The van der Waals surface area contributed by atoms with Crippen molar-refractivity contribution >= 4 is 27.5 Å². The molecule has 0 aromatic heterocycles. The Bertz CT molecular complexity index is 446. The van der Waals surface area contributed by atoms with E-state index >= 15 is 0 Å². The van der Waals surface area contributed by atoms with Crippen LogP contribution in [0, 0.1) is 12.7 Å². The number of hydrogen-bond acceptors (Lipinski definition) is 2. The van der Waals surface area contributed by atoms with Gasteiger partial charge < -0.3 is 10.6 Å². The number of rotatable bonds is 4. The van der Waals surface area contributed by atoms with Gasteiger partial charge in [0, 0.05) is 11.7 Å². The molecular formula is C12H14BrFN2O. The molecule has 1 saturated carbocycles. The molecule has 1 aromatic carbocycles. The normalized spacial score (nSPS) is 14.5. The predicted octanol–water partition coefficient (Wildman–Crippen LogP) is 2.59. The average Bonchev–Trinajstić information content (AvgIpc) is 3.05. The molecule has 1 fully saturated rings. The molecule has 0 bridgehead atoms. The van der Waals surface area contributed by atoms with Gasteiger partial charge in [-0.15, -0.1) is 0 Å². The molecule has 0 atom stereocenters. The minimum atomic E-state index is -0.333. The molecule has 1 aliphatic carbocycles. The van der Waals surface area contributed by atoms with Crippen LogP contribution in [-0.4, -0.2) is 18.5 Å². The molecule has 1 aromatic rings. The lowest BCUT2D eigenvalue weighted by Gasteiger charge is -2.10. The molecule has 0 heterocycles. The maximum atomic E-state index is 13.3. The molecule has 0 aliphatic heterocycles. The van der Waals surface area contributed by atoms with Gasteiger partial charge in [0.2, 0.25) is 5.91 Å². The van der Waals surface area contributed by atoms with Crippen molar-refractivity contribution in [2.24, 2.45) is 0 Å². The number of hydrogen-bond donors (Lipinski definition) is 2. The number of halogens is 2. The third kappa shape index (κ3) is 3.43. The van der Waals surface area contributed by atoms with Gasteiger partial charge in [-0.2, -0.15) is 0 Å². The van der Waals surface area contributed by atoms with E-state index in [1.54, 1.807) is 6.07 Å². The van der Waals surface area contributed by atoms with Gasteiger partial charge in [-0.25, -0.2) is 4.39 Å². The van der Waals surface area contributed by atoms with E-state index in [1.165, 1.54) is 6.07 Å². The number of carbonyl (C=O) groups is 1. The fourth-order valence-electron chi connectivity index (χ4n) is 1.52. The van der Waals surface area contributed by atoms with Gasteiger partial charge >= 0.3 is 0 Å². The lowest BCUT2D eigenvalue weighted by Crippen LogP contribution is -2.31. The smallest absolute Gasteiger partial charge is 0.239 e. The molecule has 1 amide bonds. The molecule has 92 valence electrons. The molecule has 5 heteroatoms. The molecule has 3 nitrogen and oxygen atoms in total. The zero-order valence-corrected chi connectivity index (χ0v) is 11.1. The van der Waals surface area contributed by atoms with E-state index in [9.17, 15) is 9.18 Å². The van der Waals surface area contributed by atoms with Crippen LogP contribution < -0.4 is 10.6 Å². The van der Waals surface area contributed by atoms with E-state index < -0.39 is 0 Å². The summed E-state index contributed by atoms with van der Waals surface area (Å²) in [4.78, 5) is 11.5. The SMILES string of the molecule is Cc1cc(Br)c(F)cc1NCC(=O)NC1CC1. The second-order valence-corrected chi connectivity index (χ2v) is 5.13. The van der Waals surface area contributed by atoms with Crippen LogP contribution in [-0.2, 0) is 4.79 Å². The molecule has 0 unspecified atom stereocenters. The second-order valence-electron chi connectivity index (χ2n) is 4.28. The van der Waals surface area contributed by atoms with Crippen molar-refractivity contribution in [2.45, 2.75) is 25.8 Å². The third-order valence-electron chi connectivity index (χ3n) is 2.65. The topological polar surface area (TPSA) is 41.1 Å². The first kappa shape index (κ1) is 12.4. The molecule has 0 spiro atoms. The van der Waals surface area contributed by atoms with Crippen LogP contribution in [0.15, 0.2) is 16.6 Å². The molecule has 17 heavy (non-hydrogen) atoms. The second kappa shape index (κ2) is 5.04. The van der Waals surface area contributed by atoms with Crippen LogP contribution in [0.25, 0.3) is 0 Å². The minimum Gasteiger partial charge on any atom is -0.376 e. The number of aryl methyl sites for hydroxylation is 1. The Labute approximate surface area is 108 Å². The largest absolute Gasteiger partial charge is 0.376 e. The summed E-state index contributed by atoms with van der Waals surface area (Å²) >= 11 is 3.12. The van der Waals surface area contributed by atoms with Crippen molar-refractivity contribution in [1.29, 1.82) is 0 Å². The summed E-state index contributed by atoms with van der Waals surface area (Å²) in [6.07, 6.45) is 2.13. The first-order chi connectivity index (χ1) is 8.06. The minimum absolute atomic E-state index is 0.0461. The number of carbonyl (C=O) groups excluding carboxylic acids is 1. The highest BCUT2D eigenvalue weighted by Crippen LogP contribution is 2.23. The summed E-state index contributed by atoms with van der Waals surface area (Å²) < 4.78 is 13.7. The molecular weight excluding hydrogens is 287 g/mol. The van der Waals surface area contributed by atoms with Gasteiger partial charge in [0.05, 0.1) is 11.0 Å². The highest BCUT2D eigenvalue weighted by Gasteiger charge is 2.22. The maximum Gasteiger partial charge on any atom is 0.239 e. The van der Waals surface area contributed by atoms with Crippen LogP contribution in [0.3, 0.4) is 0 Å². The number of amides is 1. The lowest BCUT2D eigenvalue weighted by molar-refractivity contribution is -0.119. The molecule has 1 aliphatic rings. The summed E-state index contributed by atoms with van der Waals surface area (Å²) in [6.45, 7) is 2.05. The van der Waals surface area contributed by atoms with Crippen molar-refractivity contribution in [1.82, 2.24) is 5.32 Å². The summed E-state index contributed by atoms with van der Waals surface area (Å²) in [7, 11) is 0. The Hall–Kier alpha value is -1.10. The van der Waals surface area contributed by atoms with Crippen molar-refractivity contribution in [2.75, 3.05) is 11.9 Å². The van der Waals surface area contributed by atoms with Gasteiger partial charge in [0.25, 0.3) is 0 Å². The van der Waals surface area contributed by atoms with E-state index in [2.05, 4.69) is 26.6 Å². The van der Waals surface area contributed by atoms with Crippen LogP contribution in [0.2, 0.25) is 0 Å². The first-order valence-corrected chi connectivity index (χ1v) is 6.34. The van der Waals surface area contributed by atoms with E-state index in [0.717, 1.165) is 18.4 Å². The summed E-state index contributed by atoms with van der Waals surface area (Å²) in [5.41, 5.74) is 1.55. The van der Waals surface area contributed by atoms with Gasteiger partial charge in [-0.05, 0) is 53.4 Å². The van der Waals surface area contributed by atoms with Crippen molar-refractivity contribution in [3.8, 4) is 0 Å². The Morgan fingerprint density at radius 1 is 1.53 bits per heavy atom. The Kier molecular flexibility index (Phi) is 3.66. The standard InChI is InChI=1S/C12H14BrFN2O/c1-7-4-9(13)10(14)5-11(7)15-6-12(17)16-8-2-3-8/h4-5,8,15H,2-3,6H2,1H3,(H,16,17). The Balaban J connectivity index is 1.93. The quantitative estimate of drug-likeness (QED) is 0.897. The summed E-state index contributed by atoms with van der Waals surface area (Å²) in [6, 6.07) is 3.44. The fraction of sp³-hybridized carbons (Fsp3) is 0.417. The average molecular weight is 301 g/mol. The Morgan fingerprint density at radius 2 is 2.24 bits per heavy atom. The zero-order valence-electron chi connectivity index (χ0n) is 9.52. The number of benzene rings is 1. The van der Waals surface area contributed by atoms with Crippen LogP contribution in [0.1, 0.15) is 18.4 Å². The third-order valence-corrected chi connectivity index (χ3v) is 3.26. The van der Waals surface area contributed by atoms with Crippen molar-refractivity contribution in [3.05, 3.63) is 28.0 Å². The van der Waals surface area contributed by atoms with E-state index in [1.807, 2.05) is 6.92 Å². The maximum absolute atomic E-state index is 13.3. The van der Waals surface area contributed by atoms with Gasteiger partial charge in [0.1, 0.15) is 5.82 Å². The number of nitrogens with one attached hydrogen (secondary N) is 2. The van der Waals surface area contributed by atoms with Gasteiger partial charge in [0.15, 0.2) is 0 Å².